The van der Waals surface area contributed by atoms with E-state index >= 15 is 0 Å². The summed E-state index contributed by atoms with van der Waals surface area (Å²) in [4.78, 5) is 20.4. The van der Waals surface area contributed by atoms with Crippen molar-refractivity contribution in [2.45, 2.75) is 6.17 Å². The fraction of sp³-hybridized carbons (Fsp3) is 0.0185. The number of amidine groups is 2. The van der Waals surface area contributed by atoms with E-state index in [1.54, 1.807) is 0 Å². The lowest BCUT2D eigenvalue weighted by atomic mass is 9.90. The molecule has 9 aromatic rings. The van der Waals surface area contributed by atoms with Crippen molar-refractivity contribution in [3.05, 3.63) is 229 Å². The van der Waals surface area contributed by atoms with Crippen LogP contribution in [0.25, 0.3) is 66.9 Å². The topological polar surface area (TPSA) is 86.3 Å². The number of nitrogens with one attached hydrogen (secondary N) is 1. The quantitative estimate of drug-likeness (QED) is 0.167. The number of aromatic nitrogens is 2. The number of fused-ring (bicyclic) bond motifs is 1. The number of hydrogen-bond donors (Lipinski definition) is 1. The summed E-state index contributed by atoms with van der Waals surface area (Å²) in [6, 6.07) is 72.4. The van der Waals surface area contributed by atoms with Crippen molar-refractivity contribution in [2.75, 3.05) is 0 Å². The number of hydrogen-bond acceptors (Lipinski definition) is 6. The van der Waals surface area contributed by atoms with Crippen molar-refractivity contribution in [1.82, 2.24) is 15.3 Å². The van der Waals surface area contributed by atoms with Gasteiger partial charge in [-0.05, 0) is 63.2 Å². The molecule has 1 aromatic heterocycles. The minimum Gasteiger partial charge on any atom is -0.344 e. The van der Waals surface area contributed by atoms with Gasteiger partial charge in [-0.25, -0.2) is 20.0 Å². The van der Waals surface area contributed by atoms with Gasteiger partial charge in [-0.2, -0.15) is 5.26 Å². The van der Waals surface area contributed by atoms with Crippen LogP contribution in [0.15, 0.2) is 216 Å². The Balaban J connectivity index is 1.04. The van der Waals surface area contributed by atoms with E-state index in [0.29, 0.717) is 17.2 Å². The molecule has 0 saturated heterocycles. The summed E-state index contributed by atoms with van der Waals surface area (Å²) in [5, 5.41) is 14.3. The third kappa shape index (κ3) is 7.13. The summed E-state index contributed by atoms with van der Waals surface area (Å²) in [7, 11) is 0. The van der Waals surface area contributed by atoms with Gasteiger partial charge in [0.15, 0.2) is 11.7 Å². The molecule has 0 bridgehead atoms. The fourth-order valence-corrected chi connectivity index (χ4v) is 7.84. The SMILES string of the molecule is N#Cc1cccc(-c2cccc(C3=NC(c4ccccc4)NC(c4ccccc4-c4ccccc4-c4ccc(-c5nc(-c6ccccc6)nc6ccccc56)cc4)=N3)c2)c1. The van der Waals surface area contributed by atoms with Gasteiger partial charge in [-0.3, -0.25) is 0 Å². The van der Waals surface area contributed by atoms with E-state index in [9.17, 15) is 5.26 Å². The first kappa shape index (κ1) is 36.1. The van der Waals surface area contributed by atoms with E-state index in [1.165, 1.54) is 0 Å². The van der Waals surface area contributed by atoms with Gasteiger partial charge in [-0.1, -0.05) is 182 Å². The molecule has 1 aliphatic heterocycles. The highest BCUT2D eigenvalue weighted by Crippen LogP contribution is 2.37. The molecular weight excluding hydrogens is 733 g/mol. The number of para-hydroxylation sites is 1. The number of nitrogens with zero attached hydrogens (tertiary/aromatic N) is 5. The second-order valence-corrected chi connectivity index (χ2v) is 14.6. The second kappa shape index (κ2) is 15.9. The zero-order chi connectivity index (χ0) is 40.3. The largest absolute Gasteiger partial charge is 0.344 e. The van der Waals surface area contributed by atoms with Crippen LogP contribution in [-0.2, 0) is 0 Å². The Morgan fingerprint density at radius 1 is 0.450 bits per heavy atom. The lowest BCUT2D eigenvalue weighted by Crippen LogP contribution is -2.34. The smallest absolute Gasteiger partial charge is 0.160 e. The summed E-state index contributed by atoms with van der Waals surface area (Å²) in [5.41, 5.74) is 13.6. The van der Waals surface area contributed by atoms with Gasteiger partial charge in [0.2, 0.25) is 0 Å². The van der Waals surface area contributed by atoms with Gasteiger partial charge in [0.05, 0.1) is 22.8 Å². The van der Waals surface area contributed by atoms with Crippen LogP contribution in [0.4, 0.5) is 0 Å². The van der Waals surface area contributed by atoms with E-state index in [1.807, 2.05) is 103 Å². The standard InChI is InChI=1S/C54H36N6/c55-35-36-15-13-20-41(33-36)42-21-14-22-43(34-42)53-58-52(40-18-5-2-6-19-40)59-54(60-53)47-26-10-9-25-46(47)45-24-8-7-23-44(45)37-29-31-38(32-30-37)50-48-27-11-12-28-49(48)56-51(57-50)39-16-3-1-4-17-39/h1-34,52H,(H,58,59,60). The van der Waals surface area contributed by atoms with E-state index in [0.717, 1.165) is 83.6 Å². The van der Waals surface area contributed by atoms with Gasteiger partial charge in [0.1, 0.15) is 12.0 Å². The summed E-state index contributed by atoms with van der Waals surface area (Å²) >= 11 is 0. The molecule has 1 aliphatic rings. The third-order valence-corrected chi connectivity index (χ3v) is 10.8. The number of rotatable bonds is 8. The molecule has 0 fully saturated rings. The molecule has 6 nitrogen and oxygen atoms in total. The highest BCUT2D eigenvalue weighted by molar-refractivity contribution is 6.16. The maximum Gasteiger partial charge on any atom is 0.160 e. The van der Waals surface area contributed by atoms with Crippen LogP contribution in [-0.4, -0.2) is 21.6 Å². The highest BCUT2D eigenvalue weighted by atomic mass is 15.2. The molecule has 1 unspecified atom stereocenters. The molecule has 8 aromatic carbocycles. The Morgan fingerprint density at radius 2 is 1.03 bits per heavy atom. The lowest BCUT2D eigenvalue weighted by molar-refractivity contribution is 0.674. The Morgan fingerprint density at radius 3 is 1.80 bits per heavy atom. The fourth-order valence-electron chi connectivity index (χ4n) is 7.84. The lowest BCUT2D eigenvalue weighted by Gasteiger charge is -2.25. The van der Waals surface area contributed by atoms with Crippen molar-refractivity contribution >= 4 is 22.6 Å². The minimum absolute atomic E-state index is 0.365. The average molecular weight is 769 g/mol. The van der Waals surface area contributed by atoms with Crippen molar-refractivity contribution in [3.63, 3.8) is 0 Å². The van der Waals surface area contributed by atoms with Crippen LogP contribution in [0.1, 0.15) is 28.4 Å². The molecule has 60 heavy (non-hydrogen) atoms. The van der Waals surface area contributed by atoms with E-state index in [-0.39, 0.29) is 6.17 Å². The minimum atomic E-state index is -0.365. The molecule has 0 radical (unpaired) electrons. The summed E-state index contributed by atoms with van der Waals surface area (Å²) < 4.78 is 0. The molecule has 0 amide bonds. The maximum atomic E-state index is 9.56. The maximum absolute atomic E-state index is 9.56. The first-order chi connectivity index (χ1) is 29.7. The molecule has 282 valence electrons. The monoisotopic (exact) mass is 768 g/mol. The molecular formula is C54H36N6. The van der Waals surface area contributed by atoms with Crippen molar-refractivity contribution in [1.29, 1.82) is 5.26 Å². The third-order valence-electron chi connectivity index (χ3n) is 10.8. The zero-order valence-corrected chi connectivity index (χ0v) is 32.4. The number of aliphatic imine (C=N–C) groups is 2. The summed E-state index contributed by atoms with van der Waals surface area (Å²) in [6.45, 7) is 0. The van der Waals surface area contributed by atoms with E-state index in [4.69, 9.17) is 20.0 Å². The van der Waals surface area contributed by atoms with Crippen LogP contribution >= 0.6 is 0 Å². The van der Waals surface area contributed by atoms with Crippen LogP contribution in [0.3, 0.4) is 0 Å². The Labute approximate surface area is 348 Å². The van der Waals surface area contributed by atoms with Crippen molar-refractivity contribution in [2.24, 2.45) is 9.98 Å². The number of nitriles is 1. The van der Waals surface area contributed by atoms with Gasteiger partial charge in [-0.15, -0.1) is 0 Å². The van der Waals surface area contributed by atoms with E-state index < -0.39 is 0 Å². The normalized spacial score (nSPS) is 13.5. The van der Waals surface area contributed by atoms with Gasteiger partial charge in [0, 0.05) is 27.6 Å². The Kier molecular flexibility index (Phi) is 9.59. The van der Waals surface area contributed by atoms with Crippen LogP contribution in [0.5, 0.6) is 0 Å². The average Bonchev–Trinajstić information content (AvgIpc) is 3.34. The van der Waals surface area contributed by atoms with Crippen LogP contribution in [0, 0.1) is 11.3 Å². The summed E-state index contributed by atoms with van der Waals surface area (Å²) in [5.74, 6) is 2.06. The van der Waals surface area contributed by atoms with Crippen LogP contribution < -0.4 is 5.32 Å². The molecule has 0 aliphatic carbocycles. The molecule has 1 N–H and O–H groups in total. The molecule has 2 heterocycles. The van der Waals surface area contributed by atoms with E-state index in [2.05, 4.69) is 115 Å². The highest BCUT2D eigenvalue weighted by Gasteiger charge is 2.24. The predicted molar refractivity (Wildman–Crippen MR) is 243 cm³/mol. The molecule has 0 spiro atoms. The predicted octanol–water partition coefficient (Wildman–Crippen LogP) is 12.3. The first-order valence-electron chi connectivity index (χ1n) is 19.9. The van der Waals surface area contributed by atoms with Crippen molar-refractivity contribution < 1.29 is 0 Å². The first-order valence-corrected chi connectivity index (χ1v) is 19.9. The van der Waals surface area contributed by atoms with Gasteiger partial charge < -0.3 is 5.32 Å². The zero-order valence-electron chi connectivity index (χ0n) is 32.4. The molecule has 10 rings (SSSR count). The molecule has 0 saturated carbocycles. The Bertz CT molecular complexity index is 3130. The van der Waals surface area contributed by atoms with Gasteiger partial charge in [0.25, 0.3) is 0 Å². The van der Waals surface area contributed by atoms with Crippen molar-refractivity contribution in [3.8, 4) is 62.1 Å². The van der Waals surface area contributed by atoms with Gasteiger partial charge >= 0.3 is 0 Å². The molecule has 6 heteroatoms. The molecule has 1 atom stereocenters. The number of benzene rings is 8. The van der Waals surface area contributed by atoms with Crippen LogP contribution in [0.2, 0.25) is 0 Å². The second-order valence-electron chi connectivity index (χ2n) is 14.6. The Hall–Kier alpha value is -8.27. The summed E-state index contributed by atoms with van der Waals surface area (Å²) in [6.07, 6.45) is -0.365.